The summed E-state index contributed by atoms with van der Waals surface area (Å²) in [4.78, 5) is 0. The van der Waals surface area contributed by atoms with Crippen molar-refractivity contribution in [3.8, 4) is 27.9 Å². The fraction of sp³-hybridized carbons (Fsp3) is 0.130. The zero-order valence-corrected chi connectivity index (χ0v) is 28.5. The van der Waals surface area contributed by atoms with E-state index in [0.717, 1.165) is 0 Å². The van der Waals surface area contributed by atoms with Crippen LogP contribution < -0.4 is 0 Å². The molecule has 0 saturated carbocycles. The first-order chi connectivity index (χ1) is 23.3. The number of thiophene rings is 1. The number of fused-ring (bicyclic) bond motifs is 12. The third-order valence-electron chi connectivity index (χ3n) is 11.7. The molecule has 0 aliphatic heterocycles. The molecule has 0 fully saturated rings. The number of nitrogens with zero attached hydrogens (tertiary/aromatic N) is 1. The van der Waals surface area contributed by atoms with Crippen LogP contribution in [0.4, 0.5) is 0 Å². The van der Waals surface area contributed by atoms with Gasteiger partial charge in [-0.2, -0.15) is 0 Å². The third kappa shape index (κ3) is 3.61. The Morgan fingerprint density at radius 1 is 0.479 bits per heavy atom. The second kappa shape index (κ2) is 9.69. The Morgan fingerprint density at radius 3 is 1.79 bits per heavy atom. The van der Waals surface area contributed by atoms with Crippen LogP contribution in [0.5, 0.6) is 0 Å². The van der Waals surface area contributed by atoms with Crippen molar-refractivity contribution in [2.24, 2.45) is 0 Å². The Kier molecular flexibility index (Phi) is 5.63. The van der Waals surface area contributed by atoms with Gasteiger partial charge in [0.05, 0.1) is 11.0 Å². The molecule has 1 nitrogen and oxygen atoms in total. The molecule has 0 unspecified atom stereocenters. The van der Waals surface area contributed by atoms with Crippen LogP contribution in [0.1, 0.15) is 38.8 Å². The van der Waals surface area contributed by atoms with Crippen LogP contribution in [-0.4, -0.2) is 4.57 Å². The van der Waals surface area contributed by atoms with Crippen LogP contribution in [0.3, 0.4) is 0 Å². The molecule has 1 aliphatic carbocycles. The van der Waals surface area contributed by atoms with Crippen molar-refractivity contribution in [2.45, 2.75) is 38.5 Å². The number of hydrogen-bond acceptors (Lipinski definition) is 1. The van der Waals surface area contributed by atoms with Crippen LogP contribution in [0.15, 0.2) is 140 Å². The first-order valence-electron chi connectivity index (χ1n) is 16.9. The van der Waals surface area contributed by atoms with E-state index in [1.807, 2.05) is 11.3 Å². The normalized spacial score (nSPS) is 15.0. The van der Waals surface area contributed by atoms with Gasteiger partial charge >= 0.3 is 0 Å². The lowest BCUT2D eigenvalue weighted by Gasteiger charge is -2.49. The van der Waals surface area contributed by atoms with Crippen LogP contribution in [0.25, 0.3) is 80.7 Å². The van der Waals surface area contributed by atoms with Gasteiger partial charge in [-0.3, -0.25) is 0 Å². The standard InChI is InChI=1S/C46H35NS/c1-45(2)37-27-30(28-17-21-31(22-18-28)47-38-15-9-7-13-34(38)35-14-8-10-16-39(35)47)19-23-33(37)36-24-26-41-43(44(36)46(45,3)4)42-32-12-6-5-11-29(32)20-25-40(42)48-41/h5-27H,1-4H3. The summed E-state index contributed by atoms with van der Waals surface area (Å²) in [6.07, 6.45) is 0. The molecule has 2 aromatic heterocycles. The summed E-state index contributed by atoms with van der Waals surface area (Å²) >= 11 is 1.93. The van der Waals surface area contributed by atoms with Gasteiger partial charge in [-0.25, -0.2) is 0 Å². The molecule has 0 radical (unpaired) electrons. The van der Waals surface area contributed by atoms with Gasteiger partial charge in [0.25, 0.3) is 0 Å². The van der Waals surface area contributed by atoms with Crippen molar-refractivity contribution >= 4 is 64.1 Å². The smallest absolute Gasteiger partial charge is 0.0541 e. The maximum absolute atomic E-state index is 2.47. The summed E-state index contributed by atoms with van der Waals surface area (Å²) in [5.74, 6) is 0. The average molecular weight is 634 g/mol. The van der Waals surface area contributed by atoms with Crippen molar-refractivity contribution in [3.63, 3.8) is 0 Å². The van der Waals surface area contributed by atoms with Gasteiger partial charge in [0.15, 0.2) is 0 Å². The van der Waals surface area contributed by atoms with E-state index in [1.54, 1.807) is 0 Å². The molecule has 48 heavy (non-hydrogen) atoms. The first-order valence-corrected chi connectivity index (χ1v) is 17.8. The average Bonchev–Trinajstić information content (AvgIpc) is 3.67. The quantitative estimate of drug-likeness (QED) is 0.178. The maximum atomic E-state index is 2.47. The highest BCUT2D eigenvalue weighted by Crippen LogP contribution is 2.58. The number of aromatic nitrogens is 1. The lowest BCUT2D eigenvalue weighted by atomic mass is 9.54. The number of para-hydroxylation sites is 2. The fourth-order valence-electron chi connectivity index (χ4n) is 8.63. The van der Waals surface area contributed by atoms with Crippen LogP contribution >= 0.6 is 11.3 Å². The van der Waals surface area contributed by atoms with Crippen LogP contribution in [0, 0.1) is 0 Å². The highest BCUT2D eigenvalue weighted by atomic mass is 32.1. The molecule has 9 aromatic rings. The second-order valence-electron chi connectivity index (χ2n) is 14.6. The molecule has 0 spiro atoms. The molecule has 2 heteroatoms. The Balaban J connectivity index is 1.14. The molecule has 0 atom stereocenters. The lowest BCUT2D eigenvalue weighted by Crippen LogP contribution is -2.43. The Labute approximate surface area is 284 Å². The molecule has 230 valence electrons. The Bertz CT molecular complexity index is 2720. The van der Waals surface area contributed by atoms with E-state index in [1.165, 1.54) is 91.8 Å². The summed E-state index contributed by atoms with van der Waals surface area (Å²) in [6, 6.07) is 52.0. The Morgan fingerprint density at radius 2 is 1.06 bits per heavy atom. The minimum absolute atomic E-state index is 0.0959. The Hall–Kier alpha value is -5.18. The van der Waals surface area contributed by atoms with E-state index >= 15 is 0 Å². The van der Waals surface area contributed by atoms with Crippen LogP contribution in [0.2, 0.25) is 0 Å². The topological polar surface area (TPSA) is 4.93 Å². The molecular formula is C46H35NS. The molecule has 2 heterocycles. The second-order valence-corrected chi connectivity index (χ2v) is 15.6. The number of rotatable bonds is 2. The van der Waals surface area contributed by atoms with Gasteiger partial charge in [0, 0.05) is 42.0 Å². The van der Waals surface area contributed by atoms with Gasteiger partial charge in [-0.15, -0.1) is 11.3 Å². The highest BCUT2D eigenvalue weighted by molar-refractivity contribution is 7.26. The van der Waals surface area contributed by atoms with Crippen molar-refractivity contribution in [3.05, 3.63) is 151 Å². The van der Waals surface area contributed by atoms with Gasteiger partial charge in [-0.1, -0.05) is 125 Å². The summed E-state index contributed by atoms with van der Waals surface area (Å²) < 4.78 is 5.14. The lowest BCUT2D eigenvalue weighted by molar-refractivity contribution is 0.301. The van der Waals surface area contributed by atoms with Gasteiger partial charge < -0.3 is 4.57 Å². The van der Waals surface area contributed by atoms with Crippen molar-refractivity contribution in [1.29, 1.82) is 0 Å². The molecular weight excluding hydrogens is 599 g/mol. The van der Waals surface area contributed by atoms with Crippen molar-refractivity contribution in [2.75, 3.05) is 0 Å². The van der Waals surface area contributed by atoms with E-state index in [-0.39, 0.29) is 10.8 Å². The predicted octanol–water partition coefficient (Wildman–Crippen LogP) is 13.2. The summed E-state index contributed by atoms with van der Waals surface area (Å²) in [7, 11) is 0. The first kappa shape index (κ1) is 27.9. The zero-order valence-electron chi connectivity index (χ0n) is 27.6. The largest absolute Gasteiger partial charge is 0.309 e. The number of benzene rings is 7. The molecule has 0 bridgehead atoms. The number of hydrogen-bond donors (Lipinski definition) is 0. The van der Waals surface area contributed by atoms with Crippen molar-refractivity contribution in [1.82, 2.24) is 4.57 Å². The molecule has 10 rings (SSSR count). The molecule has 0 N–H and O–H groups in total. The third-order valence-corrected chi connectivity index (χ3v) is 12.9. The van der Waals surface area contributed by atoms with E-state index in [4.69, 9.17) is 0 Å². The van der Waals surface area contributed by atoms with E-state index in [0.29, 0.717) is 0 Å². The summed E-state index contributed by atoms with van der Waals surface area (Å²) in [5, 5.41) is 8.10. The van der Waals surface area contributed by atoms with Crippen LogP contribution in [-0.2, 0) is 10.8 Å². The monoisotopic (exact) mass is 633 g/mol. The summed E-state index contributed by atoms with van der Waals surface area (Å²) in [5.41, 5.74) is 11.6. The fourth-order valence-corrected chi connectivity index (χ4v) is 9.76. The summed E-state index contributed by atoms with van der Waals surface area (Å²) in [6.45, 7) is 9.84. The molecule has 1 aliphatic rings. The van der Waals surface area contributed by atoms with Gasteiger partial charge in [-0.05, 0) is 92.0 Å². The molecule has 0 amide bonds. The molecule has 0 saturated heterocycles. The predicted molar refractivity (Wildman–Crippen MR) is 208 cm³/mol. The minimum Gasteiger partial charge on any atom is -0.309 e. The molecule has 7 aromatic carbocycles. The van der Waals surface area contributed by atoms with Crippen molar-refractivity contribution < 1.29 is 0 Å². The van der Waals surface area contributed by atoms with E-state index in [2.05, 4.69) is 172 Å². The van der Waals surface area contributed by atoms with Gasteiger partial charge in [0.1, 0.15) is 0 Å². The minimum atomic E-state index is -0.0984. The van der Waals surface area contributed by atoms with E-state index in [9.17, 15) is 0 Å². The maximum Gasteiger partial charge on any atom is 0.0541 e. The van der Waals surface area contributed by atoms with Gasteiger partial charge in [0.2, 0.25) is 0 Å². The zero-order chi connectivity index (χ0) is 32.4. The highest BCUT2D eigenvalue weighted by Gasteiger charge is 2.47. The SMILES string of the molecule is CC1(C)c2cc(-c3ccc(-n4c5ccccc5c5ccccc54)cc3)ccc2-c2ccc3sc4ccc5ccccc5c4c3c2C1(C)C. The van der Waals surface area contributed by atoms with E-state index < -0.39 is 0 Å².